The SMILES string of the molecule is CCOC(=O)CC1CC(NCCC(C)C)CN(C)C1. The monoisotopic (exact) mass is 270 g/mol. The summed E-state index contributed by atoms with van der Waals surface area (Å²) in [4.78, 5) is 13.9. The fraction of sp³-hybridized carbons (Fsp3) is 0.933. The summed E-state index contributed by atoms with van der Waals surface area (Å²) in [6.45, 7) is 10.00. The summed E-state index contributed by atoms with van der Waals surface area (Å²) in [5.74, 6) is 1.11. The number of likely N-dealkylation sites (N-methyl/N-ethyl adjacent to an activating group) is 1. The molecule has 0 radical (unpaired) electrons. The Hall–Kier alpha value is -0.610. The van der Waals surface area contributed by atoms with Crippen LogP contribution in [0.3, 0.4) is 0 Å². The van der Waals surface area contributed by atoms with Gasteiger partial charge in [0, 0.05) is 25.6 Å². The van der Waals surface area contributed by atoms with Crippen molar-refractivity contribution in [2.75, 3.05) is 33.3 Å². The molecule has 0 amide bonds. The molecule has 1 aliphatic rings. The van der Waals surface area contributed by atoms with E-state index in [-0.39, 0.29) is 5.97 Å². The first kappa shape index (κ1) is 16.4. The third kappa shape index (κ3) is 6.92. The zero-order valence-corrected chi connectivity index (χ0v) is 12.9. The summed E-state index contributed by atoms with van der Waals surface area (Å²) in [5.41, 5.74) is 0. The quantitative estimate of drug-likeness (QED) is 0.717. The summed E-state index contributed by atoms with van der Waals surface area (Å²) in [6, 6.07) is 0.511. The number of hydrogen-bond acceptors (Lipinski definition) is 4. The first-order valence-corrected chi connectivity index (χ1v) is 7.58. The lowest BCUT2D eigenvalue weighted by atomic mass is 9.91. The molecule has 1 rings (SSSR count). The number of rotatable bonds is 7. The lowest BCUT2D eigenvalue weighted by Gasteiger charge is -2.36. The normalized spacial score (nSPS) is 24.7. The van der Waals surface area contributed by atoms with Crippen LogP contribution in [0.25, 0.3) is 0 Å². The minimum atomic E-state index is -0.0521. The van der Waals surface area contributed by atoms with E-state index in [4.69, 9.17) is 4.74 Å². The van der Waals surface area contributed by atoms with Crippen LogP contribution < -0.4 is 5.32 Å². The Labute approximate surface area is 117 Å². The Balaban J connectivity index is 2.33. The van der Waals surface area contributed by atoms with Gasteiger partial charge >= 0.3 is 5.97 Å². The smallest absolute Gasteiger partial charge is 0.306 e. The molecule has 2 atom stereocenters. The first-order chi connectivity index (χ1) is 9.01. The third-order valence-corrected chi connectivity index (χ3v) is 3.64. The summed E-state index contributed by atoms with van der Waals surface area (Å²) in [5, 5.41) is 3.62. The van der Waals surface area contributed by atoms with Crippen molar-refractivity contribution in [2.24, 2.45) is 11.8 Å². The van der Waals surface area contributed by atoms with Gasteiger partial charge in [0.25, 0.3) is 0 Å². The number of ether oxygens (including phenoxy) is 1. The summed E-state index contributed by atoms with van der Waals surface area (Å²) in [6.07, 6.45) is 2.85. The van der Waals surface area contributed by atoms with Gasteiger partial charge in [0.1, 0.15) is 0 Å². The van der Waals surface area contributed by atoms with Gasteiger partial charge in [-0.1, -0.05) is 13.8 Å². The van der Waals surface area contributed by atoms with Crippen LogP contribution >= 0.6 is 0 Å². The molecule has 1 aliphatic heterocycles. The van der Waals surface area contributed by atoms with Crippen molar-refractivity contribution in [2.45, 2.75) is 46.1 Å². The molecular formula is C15H30N2O2. The van der Waals surface area contributed by atoms with E-state index in [1.807, 2.05) is 6.92 Å². The molecule has 0 aromatic rings. The molecule has 112 valence electrons. The van der Waals surface area contributed by atoms with Gasteiger partial charge in [0.05, 0.1) is 6.61 Å². The molecule has 0 spiro atoms. The number of carbonyl (C=O) groups excluding carboxylic acids is 1. The fourth-order valence-electron chi connectivity index (χ4n) is 2.77. The van der Waals surface area contributed by atoms with Crippen molar-refractivity contribution in [3.8, 4) is 0 Å². The molecule has 1 fully saturated rings. The van der Waals surface area contributed by atoms with E-state index in [1.54, 1.807) is 0 Å². The minimum absolute atomic E-state index is 0.0521. The van der Waals surface area contributed by atoms with Crippen LogP contribution in [0.1, 0.15) is 40.0 Å². The van der Waals surface area contributed by atoms with Gasteiger partial charge in [-0.15, -0.1) is 0 Å². The molecule has 1 N–H and O–H groups in total. The largest absolute Gasteiger partial charge is 0.466 e. The van der Waals surface area contributed by atoms with Gasteiger partial charge in [-0.25, -0.2) is 0 Å². The van der Waals surface area contributed by atoms with Crippen LogP contribution in [0.5, 0.6) is 0 Å². The van der Waals surface area contributed by atoms with Gasteiger partial charge in [-0.3, -0.25) is 4.79 Å². The highest BCUT2D eigenvalue weighted by Gasteiger charge is 2.26. The molecule has 1 saturated heterocycles. The van der Waals surface area contributed by atoms with Gasteiger partial charge in [0.2, 0.25) is 0 Å². The number of nitrogens with zero attached hydrogens (tertiary/aromatic N) is 1. The zero-order chi connectivity index (χ0) is 14.3. The predicted octanol–water partition coefficient (Wildman–Crippen LogP) is 1.90. The molecule has 4 heteroatoms. The Kier molecular flexibility index (Phi) is 7.39. The Morgan fingerprint density at radius 3 is 2.79 bits per heavy atom. The molecule has 0 bridgehead atoms. The maximum atomic E-state index is 11.6. The van der Waals surface area contributed by atoms with Crippen molar-refractivity contribution in [3.63, 3.8) is 0 Å². The van der Waals surface area contributed by atoms with E-state index in [0.29, 0.717) is 25.0 Å². The van der Waals surface area contributed by atoms with Crippen LogP contribution in [0, 0.1) is 11.8 Å². The number of piperidine rings is 1. The van der Waals surface area contributed by atoms with Gasteiger partial charge in [-0.05, 0) is 45.2 Å². The summed E-state index contributed by atoms with van der Waals surface area (Å²) < 4.78 is 5.05. The van der Waals surface area contributed by atoms with Crippen molar-refractivity contribution >= 4 is 5.97 Å². The van der Waals surface area contributed by atoms with E-state index in [0.717, 1.165) is 32.0 Å². The number of likely N-dealkylation sites (tertiary alicyclic amines) is 1. The second-order valence-corrected chi connectivity index (χ2v) is 6.17. The Morgan fingerprint density at radius 2 is 2.16 bits per heavy atom. The van der Waals surface area contributed by atoms with E-state index in [9.17, 15) is 4.79 Å². The summed E-state index contributed by atoms with van der Waals surface area (Å²) in [7, 11) is 2.13. The maximum absolute atomic E-state index is 11.6. The Morgan fingerprint density at radius 1 is 1.42 bits per heavy atom. The number of nitrogens with one attached hydrogen (secondary N) is 1. The van der Waals surface area contributed by atoms with Crippen LogP contribution in [0.2, 0.25) is 0 Å². The van der Waals surface area contributed by atoms with E-state index in [2.05, 4.69) is 31.1 Å². The van der Waals surface area contributed by atoms with Crippen LogP contribution in [-0.4, -0.2) is 50.2 Å². The average Bonchev–Trinajstić information content (AvgIpc) is 2.27. The highest BCUT2D eigenvalue weighted by atomic mass is 16.5. The molecular weight excluding hydrogens is 240 g/mol. The standard InChI is InChI=1S/C15H30N2O2/c1-5-19-15(18)9-13-8-14(11-17(4)10-13)16-7-6-12(2)3/h12-14,16H,5-11H2,1-4H3. The van der Waals surface area contributed by atoms with Crippen LogP contribution in [0.15, 0.2) is 0 Å². The average molecular weight is 270 g/mol. The minimum Gasteiger partial charge on any atom is -0.466 e. The fourth-order valence-corrected chi connectivity index (χ4v) is 2.77. The molecule has 0 aliphatic carbocycles. The molecule has 0 aromatic heterocycles. The van der Waals surface area contributed by atoms with Crippen molar-refractivity contribution < 1.29 is 9.53 Å². The highest BCUT2D eigenvalue weighted by molar-refractivity contribution is 5.69. The van der Waals surface area contributed by atoms with Crippen LogP contribution in [-0.2, 0) is 9.53 Å². The molecule has 19 heavy (non-hydrogen) atoms. The highest BCUT2D eigenvalue weighted by Crippen LogP contribution is 2.19. The van der Waals surface area contributed by atoms with Gasteiger partial charge in [-0.2, -0.15) is 0 Å². The van der Waals surface area contributed by atoms with Crippen molar-refractivity contribution in [3.05, 3.63) is 0 Å². The number of carbonyl (C=O) groups is 1. The second kappa shape index (κ2) is 8.54. The lowest BCUT2D eigenvalue weighted by molar-refractivity contribution is -0.144. The molecule has 0 aromatic carbocycles. The Bertz CT molecular complexity index is 269. The number of hydrogen-bond donors (Lipinski definition) is 1. The zero-order valence-electron chi connectivity index (χ0n) is 12.9. The molecule has 2 unspecified atom stereocenters. The summed E-state index contributed by atoms with van der Waals surface area (Å²) >= 11 is 0. The molecule has 4 nitrogen and oxygen atoms in total. The van der Waals surface area contributed by atoms with Crippen molar-refractivity contribution in [1.82, 2.24) is 10.2 Å². The third-order valence-electron chi connectivity index (χ3n) is 3.64. The first-order valence-electron chi connectivity index (χ1n) is 7.58. The maximum Gasteiger partial charge on any atom is 0.306 e. The second-order valence-electron chi connectivity index (χ2n) is 6.17. The van der Waals surface area contributed by atoms with Gasteiger partial charge in [0.15, 0.2) is 0 Å². The van der Waals surface area contributed by atoms with E-state index >= 15 is 0 Å². The number of esters is 1. The van der Waals surface area contributed by atoms with Crippen molar-refractivity contribution in [1.29, 1.82) is 0 Å². The lowest BCUT2D eigenvalue weighted by Crippen LogP contribution is -2.48. The van der Waals surface area contributed by atoms with E-state index in [1.165, 1.54) is 6.42 Å². The van der Waals surface area contributed by atoms with Gasteiger partial charge < -0.3 is 15.0 Å². The van der Waals surface area contributed by atoms with Crippen LogP contribution in [0.4, 0.5) is 0 Å². The van der Waals surface area contributed by atoms with E-state index < -0.39 is 0 Å². The molecule has 1 heterocycles. The molecule has 0 saturated carbocycles. The predicted molar refractivity (Wildman–Crippen MR) is 78.1 cm³/mol. The topological polar surface area (TPSA) is 41.6 Å².